The number of piperazine rings is 1. The van der Waals surface area contributed by atoms with Gasteiger partial charge in [0.15, 0.2) is 0 Å². The fourth-order valence-electron chi connectivity index (χ4n) is 2.14. The van der Waals surface area contributed by atoms with Gasteiger partial charge in [-0.3, -0.25) is 9.59 Å². The fourth-order valence-corrected chi connectivity index (χ4v) is 2.14. The largest absolute Gasteiger partial charge is 0.508 e. The molecule has 1 aromatic carbocycles. The van der Waals surface area contributed by atoms with Crippen LogP contribution < -0.4 is 5.32 Å². The van der Waals surface area contributed by atoms with E-state index < -0.39 is 6.04 Å². The van der Waals surface area contributed by atoms with Crippen LogP contribution in [0.1, 0.15) is 19.4 Å². The minimum absolute atomic E-state index is 0.0531. The zero-order chi connectivity index (χ0) is 14.0. The van der Waals surface area contributed by atoms with Gasteiger partial charge < -0.3 is 15.3 Å². The van der Waals surface area contributed by atoms with Gasteiger partial charge in [0.05, 0.1) is 6.54 Å². The minimum atomic E-state index is -0.446. The Morgan fingerprint density at radius 2 is 1.95 bits per heavy atom. The SMILES string of the molecule is CC(C)C1NC(=O)CN(Cc2ccc(O)cc2)C1=O. The lowest BCUT2D eigenvalue weighted by Crippen LogP contribution is -2.59. The number of nitrogens with one attached hydrogen (secondary N) is 1. The van der Waals surface area contributed by atoms with Crippen LogP contribution in [-0.4, -0.2) is 34.4 Å². The van der Waals surface area contributed by atoms with E-state index in [0.29, 0.717) is 6.54 Å². The van der Waals surface area contributed by atoms with Crippen molar-refractivity contribution in [2.75, 3.05) is 6.54 Å². The van der Waals surface area contributed by atoms with Crippen molar-refractivity contribution in [3.05, 3.63) is 29.8 Å². The van der Waals surface area contributed by atoms with E-state index in [-0.39, 0.29) is 30.0 Å². The number of nitrogens with zero attached hydrogens (tertiary/aromatic N) is 1. The van der Waals surface area contributed by atoms with Crippen molar-refractivity contribution in [2.24, 2.45) is 5.92 Å². The molecule has 1 aliphatic heterocycles. The van der Waals surface area contributed by atoms with E-state index in [4.69, 9.17) is 0 Å². The Balaban J connectivity index is 2.12. The molecule has 1 aliphatic rings. The molecule has 1 aromatic rings. The van der Waals surface area contributed by atoms with E-state index in [0.717, 1.165) is 5.56 Å². The molecule has 5 heteroatoms. The predicted octanol–water partition coefficient (Wildman–Crippen LogP) is 0.875. The Labute approximate surface area is 112 Å². The van der Waals surface area contributed by atoms with Crippen LogP contribution in [-0.2, 0) is 16.1 Å². The predicted molar refractivity (Wildman–Crippen MR) is 70.3 cm³/mol. The molecule has 102 valence electrons. The first-order valence-corrected chi connectivity index (χ1v) is 6.33. The number of amides is 2. The summed E-state index contributed by atoms with van der Waals surface area (Å²) in [5.41, 5.74) is 0.892. The maximum absolute atomic E-state index is 12.2. The zero-order valence-electron chi connectivity index (χ0n) is 11.1. The molecule has 1 unspecified atom stereocenters. The molecular weight excluding hydrogens is 244 g/mol. The summed E-state index contributed by atoms with van der Waals surface area (Å²) in [6.07, 6.45) is 0. The van der Waals surface area contributed by atoms with Crippen molar-refractivity contribution in [3.8, 4) is 5.75 Å². The van der Waals surface area contributed by atoms with Gasteiger partial charge in [-0.1, -0.05) is 26.0 Å². The van der Waals surface area contributed by atoms with Gasteiger partial charge in [-0.15, -0.1) is 0 Å². The van der Waals surface area contributed by atoms with Crippen LogP contribution in [0, 0.1) is 5.92 Å². The number of hydrogen-bond donors (Lipinski definition) is 2. The molecule has 0 saturated carbocycles. The van der Waals surface area contributed by atoms with Crippen molar-refractivity contribution in [1.82, 2.24) is 10.2 Å². The van der Waals surface area contributed by atoms with E-state index in [1.54, 1.807) is 29.2 Å². The average Bonchev–Trinajstić information content (AvgIpc) is 2.35. The zero-order valence-corrected chi connectivity index (χ0v) is 11.1. The smallest absolute Gasteiger partial charge is 0.246 e. The summed E-state index contributed by atoms with van der Waals surface area (Å²) in [4.78, 5) is 25.4. The van der Waals surface area contributed by atoms with E-state index in [1.165, 1.54) is 0 Å². The Morgan fingerprint density at radius 3 is 2.53 bits per heavy atom. The Kier molecular flexibility index (Phi) is 3.74. The van der Waals surface area contributed by atoms with E-state index >= 15 is 0 Å². The van der Waals surface area contributed by atoms with Crippen LogP contribution in [0.3, 0.4) is 0 Å². The van der Waals surface area contributed by atoms with Crippen molar-refractivity contribution in [3.63, 3.8) is 0 Å². The molecule has 1 atom stereocenters. The second kappa shape index (κ2) is 5.30. The van der Waals surface area contributed by atoms with Gasteiger partial charge in [0.1, 0.15) is 11.8 Å². The monoisotopic (exact) mass is 262 g/mol. The van der Waals surface area contributed by atoms with Gasteiger partial charge in [0, 0.05) is 6.54 Å². The van der Waals surface area contributed by atoms with Gasteiger partial charge in [-0.05, 0) is 23.6 Å². The fraction of sp³-hybridized carbons (Fsp3) is 0.429. The van der Waals surface area contributed by atoms with Crippen LogP contribution in [0.15, 0.2) is 24.3 Å². The lowest BCUT2D eigenvalue weighted by atomic mass is 10.0. The molecule has 0 aromatic heterocycles. The van der Waals surface area contributed by atoms with Crippen LogP contribution in [0.2, 0.25) is 0 Å². The topological polar surface area (TPSA) is 69.6 Å². The molecule has 2 rings (SSSR count). The normalized spacial score (nSPS) is 19.7. The number of carbonyl (C=O) groups is 2. The van der Waals surface area contributed by atoms with Gasteiger partial charge in [-0.2, -0.15) is 0 Å². The maximum Gasteiger partial charge on any atom is 0.246 e. The summed E-state index contributed by atoms with van der Waals surface area (Å²) in [6, 6.07) is 6.20. The summed E-state index contributed by atoms with van der Waals surface area (Å²) in [5, 5.41) is 11.9. The third-order valence-corrected chi connectivity index (χ3v) is 3.21. The van der Waals surface area contributed by atoms with Crippen LogP contribution in [0.25, 0.3) is 0 Å². The molecule has 0 radical (unpaired) electrons. The van der Waals surface area contributed by atoms with Gasteiger partial charge in [-0.25, -0.2) is 0 Å². The molecule has 0 spiro atoms. The molecule has 1 heterocycles. The first-order valence-electron chi connectivity index (χ1n) is 6.33. The van der Waals surface area contributed by atoms with Crippen molar-refractivity contribution < 1.29 is 14.7 Å². The number of carbonyl (C=O) groups excluding carboxylic acids is 2. The lowest BCUT2D eigenvalue weighted by Gasteiger charge is -2.34. The molecule has 2 amide bonds. The van der Waals surface area contributed by atoms with Gasteiger partial charge in [0.25, 0.3) is 0 Å². The highest BCUT2D eigenvalue weighted by atomic mass is 16.3. The molecular formula is C14H18N2O3. The van der Waals surface area contributed by atoms with Crippen LogP contribution in [0.4, 0.5) is 0 Å². The lowest BCUT2D eigenvalue weighted by molar-refractivity contribution is -0.146. The molecule has 19 heavy (non-hydrogen) atoms. The Bertz CT molecular complexity index is 482. The third-order valence-electron chi connectivity index (χ3n) is 3.21. The standard InChI is InChI=1S/C14H18N2O3/c1-9(2)13-14(19)16(8-12(18)15-13)7-10-3-5-11(17)6-4-10/h3-6,9,13,17H,7-8H2,1-2H3,(H,15,18). The number of phenolic OH excluding ortho intramolecular Hbond substituents is 1. The number of benzene rings is 1. The van der Waals surface area contributed by atoms with Gasteiger partial charge >= 0.3 is 0 Å². The van der Waals surface area contributed by atoms with Crippen molar-refractivity contribution >= 4 is 11.8 Å². The number of phenols is 1. The Hall–Kier alpha value is -2.04. The summed E-state index contributed by atoms with van der Waals surface area (Å²) in [5.74, 6) is 0.0744. The highest BCUT2D eigenvalue weighted by molar-refractivity contribution is 5.94. The highest BCUT2D eigenvalue weighted by Gasteiger charge is 2.34. The first kappa shape index (κ1) is 13.4. The molecule has 1 saturated heterocycles. The first-order chi connectivity index (χ1) is 8.97. The number of aromatic hydroxyl groups is 1. The number of rotatable bonds is 3. The third kappa shape index (κ3) is 3.05. The maximum atomic E-state index is 12.2. The molecule has 5 nitrogen and oxygen atoms in total. The Morgan fingerprint density at radius 1 is 1.32 bits per heavy atom. The van der Waals surface area contributed by atoms with Crippen LogP contribution in [0.5, 0.6) is 5.75 Å². The van der Waals surface area contributed by atoms with E-state index in [1.807, 2.05) is 13.8 Å². The number of hydrogen-bond acceptors (Lipinski definition) is 3. The summed E-state index contributed by atoms with van der Waals surface area (Å²) in [7, 11) is 0. The molecule has 2 N–H and O–H groups in total. The highest BCUT2D eigenvalue weighted by Crippen LogP contribution is 2.16. The summed E-state index contributed by atoms with van der Waals surface area (Å²) in [6.45, 7) is 4.29. The quantitative estimate of drug-likeness (QED) is 0.849. The van der Waals surface area contributed by atoms with Gasteiger partial charge in [0.2, 0.25) is 11.8 Å². The average molecular weight is 262 g/mol. The van der Waals surface area contributed by atoms with Crippen molar-refractivity contribution in [1.29, 1.82) is 0 Å². The summed E-state index contributed by atoms with van der Waals surface area (Å²) < 4.78 is 0. The molecule has 0 aliphatic carbocycles. The molecule has 1 fully saturated rings. The second-order valence-corrected chi connectivity index (χ2v) is 5.15. The van der Waals surface area contributed by atoms with Crippen molar-refractivity contribution in [2.45, 2.75) is 26.4 Å². The minimum Gasteiger partial charge on any atom is -0.508 e. The molecule has 0 bridgehead atoms. The second-order valence-electron chi connectivity index (χ2n) is 5.15. The van der Waals surface area contributed by atoms with E-state index in [9.17, 15) is 14.7 Å². The summed E-state index contributed by atoms with van der Waals surface area (Å²) >= 11 is 0. The van der Waals surface area contributed by atoms with Crippen LogP contribution >= 0.6 is 0 Å². The van der Waals surface area contributed by atoms with E-state index in [2.05, 4.69) is 5.32 Å².